The molecule has 3 aromatic rings. The molecular weight excluding hydrogens is 668 g/mol. The first kappa shape index (κ1) is 28.6. The van der Waals surface area contributed by atoms with Crippen molar-refractivity contribution in [2.45, 2.75) is 19.1 Å². The molecule has 1 fully saturated rings. The second-order valence-electron chi connectivity index (χ2n) is 9.34. The minimum absolute atomic E-state index is 0. The Morgan fingerprint density at radius 3 is 2.72 bits per heavy atom. The summed E-state index contributed by atoms with van der Waals surface area (Å²) in [6.45, 7) is 9.89. The molecular formula is C29H30N4O5W. The number of amides is 2. The maximum absolute atomic E-state index is 12.5. The van der Waals surface area contributed by atoms with E-state index in [9.17, 15) is 9.59 Å². The minimum Gasteiger partial charge on any atom is -0.498 e. The van der Waals surface area contributed by atoms with Crippen molar-refractivity contribution in [3.8, 4) is 22.6 Å². The van der Waals surface area contributed by atoms with Crippen molar-refractivity contribution in [1.29, 1.82) is 0 Å². The number of carbonyl (C=O) groups excluding carboxylic acids is 2. The number of fused-ring (bicyclic) bond motifs is 1. The van der Waals surface area contributed by atoms with Crippen LogP contribution in [0.2, 0.25) is 0 Å². The largest absolute Gasteiger partial charge is 2.00 e. The van der Waals surface area contributed by atoms with Crippen molar-refractivity contribution >= 4 is 23.6 Å². The van der Waals surface area contributed by atoms with Crippen molar-refractivity contribution < 1.29 is 44.9 Å². The minimum atomic E-state index is -0.453. The number of hydrogen-bond acceptors (Lipinski definition) is 7. The van der Waals surface area contributed by atoms with Gasteiger partial charge in [0.1, 0.15) is 17.7 Å². The number of nitrogens with one attached hydrogen (secondary N) is 2. The van der Waals surface area contributed by atoms with Gasteiger partial charge in [-0.15, -0.1) is 0 Å². The molecule has 2 amide bonds. The van der Waals surface area contributed by atoms with Crippen molar-refractivity contribution in [2.75, 3.05) is 36.5 Å². The molecule has 39 heavy (non-hydrogen) atoms. The van der Waals surface area contributed by atoms with Gasteiger partial charge in [0.15, 0.2) is 18.2 Å². The van der Waals surface area contributed by atoms with E-state index in [1.807, 2.05) is 24.3 Å². The fourth-order valence-corrected chi connectivity index (χ4v) is 4.30. The number of pyridine rings is 1. The van der Waals surface area contributed by atoms with Crippen LogP contribution < -0.4 is 25.0 Å². The second-order valence-corrected chi connectivity index (χ2v) is 9.34. The molecule has 0 bridgehead atoms. The Balaban J connectivity index is 0.00000353. The third-order valence-electron chi connectivity index (χ3n) is 6.16. The Labute approximate surface area is 242 Å². The molecule has 0 saturated carbocycles. The quantitative estimate of drug-likeness (QED) is 0.242. The summed E-state index contributed by atoms with van der Waals surface area (Å²) in [5.74, 6) is 1.70. The van der Waals surface area contributed by atoms with Gasteiger partial charge in [-0.25, -0.2) is 9.78 Å². The van der Waals surface area contributed by atoms with Crippen molar-refractivity contribution in [3.05, 3.63) is 80.1 Å². The predicted molar refractivity (Wildman–Crippen MR) is 144 cm³/mol. The van der Waals surface area contributed by atoms with Gasteiger partial charge in [-0.3, -0.25) is 15.6 Å². The average molecular weight is 698 g/mol. The van der Waals surface area contributed by atoms with Crippen LogP contribution in [0, 0.1) is 19.8 Å². The summed E-state index contributed by atoms with van der Waals surface area (Å²) < 4.78 is 16.6. The van der Waals surface area contributed by atoms with Crippen molar-refractivity contribution in [2.24, 2.45) is 5.92 Å². The van der Waals surface area contributed by atoms with E-state index in [4.69, 9.17) is 14.2 Å². The van der Waals surface area contributed by atoms with Crippen LogP contribution in [0.4, 0.5) is 16.4 Å². The van der Waals surface area contributed by atoms with Crippen molar-refractivity contribution in [3.63, 3.8) is 0 Å². The topological polar surface area (TPSA) is 102 Å². The number of carbonyl (C=O) groups is 2. The Morgan fingerprint density at radius 1 is 1.10 bits per heavy atom. The normalized spacial score (nSPS) is 16.2. The molecule has 1 atom stereocenters. The van der Waals surface area contributed by atoms with Crippen LogP contribution in [-0.4, -0.2) is 49.4 Å². The van der Waals surface area contributed by atoms with E-state index in [1.54, 1.807) is 12.1 Å². The molecule has 5 rings (SSSR count). The molecule has 2 aliphatic rings. The van der Waals surface area contributed by atoms with Gasteiger partial charge < -0.3 is 38.7 Å². The predicted octanol–water partition coefficient (Wildman–Crippen LogP) is 4.25. The van der Waals surface area contributed by atoms with E-state index >= 15 is 0 Å². The van der Waals surface area contributed by atoms with E-state index in [1.165, 1.54) is 4.90 Å². The maximum Gasteiger partial charge on any atom is 2.00 e. The zero-order valence-electron chi connectivity index (χ0n) is 21.4. The van der Waals surface area contributed by atoms with E-state index in [2.05, 4.69) is 53.7 Å². The molecule has 2 N–H and O–H groups in total. The zero-order valence-corrected chi connectivity index (χ0v) is 24.4. The summed E-state index contributed by atoms with van der Waals surface area (Å²) in [5.41, 5.74) is 3.33. The first-order valence-electron chi connectivity index (χ1n) is 12.6. The van der Waals surface area contributed by atoms with E-state index in [-0.39, 0.29) is 45.6 Å². The fraction of sp³-hybridized carbons (Fsp3) is 0.276. The van der Waals surface area contributed by atoms with Crippen LogP contribution in [0.15, 0.2) is 60.7 Å². The molecule has 1 saturated heterocycles. The number of benzene rings is 2. The SMILES string of the molecule is [CH2-]C([CH2-])COc1cccc(-c2cccc(CNCCC3CN(c4ccc5c(n4)NC(=O)CO5)C(=O)O3)c2)c1.[W+2]. The number of ether oxygens (including phenoxy) is 3. The van der Waals surface area contributed by atoms with E-state index in [0.717, 1.165) is 22.4 Å². The summed E-state index contributed by atoms with van der Waals surface area (Å²) in [7, 11) is 0. The molecule has 1 unspecified atom stereocenters. The average Bonchev–Trinajstić information content (AvgIpc) is 3.30. The third kappa shape index (κ3) is 7.37. The van der Waals surface area contributed by atoms with E-state index in [0.29, 0.717) is 50.0 Å². The number of hydrogen-bond donors (Lipinski definition) is 2. The Morgan fingerprint density at radius 2 is 1.90 bits per heavy atom. The Bertz CT molecular complexity index is 1320. The van der Waals surface area contributed by atoms with Crippen LogP contribution in [0.5, 0.6) is 11.5 Å². The van der Waals surface area contributed by atoms with Crippen LogP contribution >= 0.6 is 0 Å². The second kappa shape index (κ2) is 13.1. The molecule has 1 aromatic heterocycles. The van der Waals surface area contributed by atoms with Gasteiger partial charge in [-0.2, -0.15) is 0 Å². The Kier molecular flexibility index (Phi) is 9.59. The third-order valence-corrected chi connectivity index (χ3v) is 6.16. The molecule has 0 spiro atoms. The summed E-state index contributed by atoms with van der Waals surface area (Å²) >= 11 is 0. The molecule has 3 heterocycles. The zero-order chi connectivity index (χ0) is 26.5. The number of cyclic esters (lactones) is 1. The molecule has 10 heteroatoms. The summed E-state index contributed by atoms with van der Waals surface area (Å²) in [4.78, 5) is 29.9. The van der Waals surface area contributed by atoms with Gasteiger partial charge in [-0.05, 0) is 60.0 Å². The first-order chi connectivity index (χ1) is 18.4. The standard InChI is InChI=1S/C29H30N4O5.W/c1-19(2)17-36-23-8-4-7-22(14-23)21-6-3-5-20(13-21)15-30-12-11-24-16-33(29(35)38-24)26-10-9-25-28(31-26)32-27(34)18-37-25;/h3-10,13-14,19,24,30H,1-2,11-12,15-18H2,(H,31,32,34);/q-2;+2. The van der Waals surface area contributed by atoms with Gasteiger partial charge in [0.2, 0.25) is 0 Å². The van der Waals surface area contributed by atoms with Gasteiger partial charge in [0.05, 0.1) is 6.54 Å². The van der Waals surface area contributed by atoms with E-state index < -0.39 is 6.09 Å². The maximum atomic E-state index is 12.5. The molecule has 0 radical (unpaired) electrons. The van der Waals surface area contributed by atoms with Crippen LogP contribution in [0.1, 0.15) is 12.0 Å². The molecule has 9 nitrogen and oxygen atoms in total. The number of rotatable bonds is 10. The summed E-state index contributed by atoms with van der Waals surface area (Å²) in [6, 6.07) is 19.7. The van der Waals surface area contributed by atoms with Crippen LogP contribution in [-0.2, 0) is 37.1 Å². The van der Waals surface area contributed by atoms with Gasteiger partial charge in [-0.1, -0.05) is 30.3 Å². The van der Waals surface area contributed by atoms with Gasteiger partial charge >= 0.3 is 27.2 Å². The first-order valence-corrected chi connectivity index (χ1v) is 12.6. The van der Waals surface area contributed by atoms with Gasteiger partial charge in [0.25, 0.3) is 5.91 Å². The van der Waals surface area contributed by atoms with Crippen LogP contribution in [0.25, 0.3) is 11.1 Å². The van der Waals surface area contributed by atoms with Gasteiger partial charge in [0, 0.05) is 13.2 Å². The fourth-order valence-electron chi connectivity index (χ4n) is 4.30. The molecule has 0 aliphatic carbocycles. The number of anilines is 2. The van der Waals surface area contributed by atoms with Crippen LogP contribution in [0.3, 0.4) is 0 Å². The van der Waals surface area contributed by atoms with Crippen molar-refractivity contribution in [1.82, 2.24) is 10.3 Å². The molecule has 2 aromatic carbocycles. The molecule has 202 valence electrons. The summed E-state index contributed by atoms with van der Waals surface area (Å²) in [6.07, 6.45) is -0.0552. The smallest absolute Gasteiger partial charge is 0.498 e. The number of nitrogens with zero attached hydrogens (tertiary/aromatic N) is 2. The summed E-state index contributed by atoms with van der Waals surface area (Å²) in [5, 5.41) is 6.10. The monoisotopic (exact) mass is 698 g/mol. The Hall–Kier alpha value is -3.42. The molecule has 2 aliphatic heterocycles. The number of aromatic nitrogens is 1.